The van der Waals surface area contributed by atoms with Gasteiger partial charge in [0.1, 0.15) is 10.6 Å². The van der Waals surface area contributed by atoms with E-state index in [4.69, 9.17) is 0 Å². The van der Waals surface area contributed by atoms with E-state index in [2.05, 4.69) is 19.1 Å². The molecule has 26 heavy (non-hydrogen) atoms. The number of piperidine rings is 1. The third kappa shape index (κ3) is 3.44. The molecule has 2 aromatic carbocycles. The number of rotatable bonds is 4. The van der Waals surface area contributed by atoms with Crippen molar-refractivity contribution in [1.29, 1.82) is 0 Å². The molecule has 0 aromatic heterocycles. The molecule has 3 rings (SSSR count). The van der Waals surface area contributed by atoms with Gasteiger partial charge < -0.3 is 4.90 Å². The number of nitro benzene ring substituents is 1. The monoisotopic (exact) mass is 374 g/mol. The largest absolute Gasteiger partial charge is 0.365 e. The van der Waals surface area contributed by atoms with Crippen LogP contribution in [0.2, 0.25) is 0 Å². The lowest BCUT2D eigenvalue weighted by molar-refractivity contribution is -0.387. The van der Waals surface area contributed by atoms with Gasteiger partial charge in [0.2, 0.25) is 0 Å². The van der Waals surface area contributed by atoms with Crippen LogP contribution in [-0.4, -0.2) is 32.7 Å². The summed E-state index contributed by atoms with van der Waals surface area (Å²) in [4.78, 5) is 12.8. The number of benzene rings is 2. The molecule has 1 aliphatic heterocycles. The number of nitro groups is 1. The van der Waals surface area contributed by atoms with Crippen LogP contribution in [0, 0.1) is 10.1 Å². The van der Waals surface area contributed by atoms with Crippen LogP contribution in [0.5, 0.6) is 0 Å². The van der Waals surface area contributed by atoms with Crippen molar-refractivity contribution in [2.24, 2.45) is 0 Å². The molecule has 0 radical (unpaired) electrons. The molecule has 1 atom stereocenters. The van der Waals surface area contributed by atoms with Crippen molar-refractivity contribution in [3.05, 3.63) is 64.2 Å². The van der Waals surface area contributed by atoms with E-state index in [9.17, 15) is 18.5 Å². The molecule has 1 unspecified atom stereocenters. The van der Waals surface area contributed by atoms with Crippen LogP contribution >= 0.6 is 0 Å². The van der Waals surface area contributed by atoms with Crippen LogP contribution in [0.1, 0.15) is 25.3 Å². The Bertz CT molecular complexity index is 928. The Morgan fingerprint density at radius 2 is 1.81 bits per heavy atom. The van der Waals surface area contributed by atoms with Crippen molar-refractivity contribution < 1.29 is 13.3 Å². The van der Waals surface area contributed by atoms with Gasteiger partial charge in [-0.25, -0.2) is 8.42 Å². The summed E-state index contributed by atoms with van der Waals surface area (Å²) in [5.74, 6) is 0. The molecule has 0 bridgehead atoms. The van der Waals surface area contributed by atoms with Crippen molar-refractivity contribution in [3.63, 3.8) is 0 Å². The first-order valence-electron chi connectivity index (χ1n) is 8.50. The SMILES string of the molecule is CC1(c2ccccc2)CCCN(c2cccc(S(C)(=O)=O)c2[N+](=O)[O-])C1. The molecule has 7 heteroatoms. The maximum atomic E-state index is 12.0. The van der Waals surface area contributed by atoms with Crippen LogP contribution in [0.3, 0.4) is 0 Å². The zero-order valence-corrected chi connectivity index (χ0v) is 15.7. The van der Waals surface area contributed by atoms with Crippen LogP contribution < -0.4 is 4.90 Å². The third-order valence-electron chi connectivity index (χ3n) is 5.07. The fraction of sp³-hybridized carbons (Fsp3) is 0.368. The summed E-state index contributed by atoms with van der Waals surface area (Å²) in [5, 5.41) is 11.7. The molecule has 1 fully saturated rings. The maximum absolute atomic E-state index is 12.0. The van der Waals surface area contributed by atoms with E-state index in [1.807, 2.05) is 23.1 Å². The van der Waals surface area contributed by atoms with Gasteiger partial charge >= 0.3 is 5.69 Å². The Hall–Kier alpha value is -2.41. The molecule has 6 nitrogen and oxygen atoms in total. The van der Waals surface area contributed by atoms with Gasteiger partial charge in [0.15, 0.2) is 9.84 Å². The van der Waals surface area contributed by atoms with Gasteiger partial charge in [0, 0.05) is 24.8 Å². The molecular formula is C19H22N2O4S. The van der Waals surface area contributed by atoms with Gasteiger partial charge in [-0.2, -0.15) is 0 Å². The Morgan fingerprint density at radius 3 is 2.42 bits per heavy atom. The van der Waals surface area contributed by atoms with E-state index in [-0.39, 0.29) is 16.0 Å². The number of hydrogen-bond acceptors (Lipinski definition) is 5. The Morgan fingerprint density at radius 1 is 1.12 bits per heavy atom. The Balaban J connectivity index is 2.06. The highest BCUT2D eigenvalue weighted by molar-refractivity contribution is 7.90. The lowest BCUT2D eigenvalue weighted by atomic mass is 9.76. The van der Waals surface area contributed by atoms with Gasteiger partial charge in [0.05, 0.1) is 4.92 Å². The fourth-order valence-corrected chi connectivity index (χ4v) is 4.63. The molecule has 0 N–H and O–H groups in total. The number of hydrogen-bond donors (Lipinski definition) is 0. The molecule has 2 aromatic rings. The second-order valence-corrected chi connectivity index (χ2v) is 9.09. The lowest BCUT2D eigenvalue weighted by Crippen LogP contribution is -2.44. The smallest absolute Gasteiger partial charge is 0.311 e. The minimum atomic E-state index is -3.69. The molecule has 1 saturated heterocycles. The molecule has 138 valence electrons. The van der Waals surface area contributed by atoms with Crippen molar-refractivity contribution in [3.8, 4) is 0 Å². The second kappa shape index (κ2) is 6.72. The summed E-state index contributed by atoms with van der Waals surface area (Å²) in [5.41, 5.74) is 1.09. The van der Waals surface area contributed by atoms with E-state index in [1.54, 1.807) is 12.1 Å². The molecule has 0 spiro atoms. The summed E-state index contributed by atoms with van der Waals surface area (Å²) in [6, 6.07) is 14.6. The quantitative estimate of drug-likeness (QED) is 0.604. The zero-order chi connectivity index (χ0) is 18.9. The highest BCUT2D eigenvalue weighted by Gasteiger charge is 2.36. The summed E-state index contributed by atoms with van der Waals surface area (Å²) in [6.07, 6.45) is 2.86. The Labute approximate surface area is 153 Å². The lowest BCUT2D eigenvalue weighted by Gasteiger charge is -2.42. The normalized spacial score (nSPS) is 20.8. The van der Waals surface area contributed by atoms with E-state index in [0.29, 0.717) is 18.8 Å². The van der Waals surface area contributed by atoms with Crippen LogP contribution in [-0.2, 0) is 15.3 Å². The highest BCUT2D eigenvalue weighted by atomic mass is 32.2. The molecule has 0 aliphatic carbocycles. The number of nitrogens with zero attached hydrogens (tertiary/aromatic N) is 2. The van der Waals surface area contributed by atoms with Crippen molar-refractivity contribution in [2.75, 3.05) is 24.2 Å². The standard InChI is InChI=1S/C19H22N2O4S/c1-19(15-8-4-3-5-9-15)12-7-13-20(14-19)16-10-6-11-17(26(2,24)25)18(16)21(22)23/h3-6,8-11H,7,12-14H2,1-2H3. The average molecular weight is 374 g/mol. The fourth-order valence-electron chi connectivity index (χ4n) is 3.77. The highest BCUT2D eigenvalue weighted by Crippen LogP contribution is 2.40. The average Bonchev–Trinajstić information content (AvgIpc) is 2.61. The van der Waals surface area contributed by atoms with Crippen molar-refractivity contribution >= 4 is 21.2 Å². The van der Waals surface area contributed by atoms with Crippen molar-refractivity contribution in [2.45, 2.75) is 30.1 Å². The van der Waals surface area contributed by atoms with E-state index >= 15 is 0 Å². The van der Waals surface area contributed by atoms with E-state index in [0.717, 1.165) is 19.1 Å². The van der Waals surface area contributed by atoms with E-state index < -0.39 is 14.8 Å². The molecular weight excluding hydrogens is 352 g/mol. The summed E-state index contributed by atoms with van der Waals surface area (Å²) < 4.78 is 24.0. The summed E-state index contributed by atoms with van der Waals surface area (Å²) in [7, 11) is -3.69. The van der Waals surface area contributed by atoms with Crippen molar-refractivity contribution in [1.82, 2.24) is 0 Å². The predicted molar refractivity (Wildman–Crippen MR) is 101 cm³/mol. The minimum absolute atomic E-state index is 0.144. The van der Waals surface area contributed by atoms with Crippen LogP contribution in [0.4, 0.5) is 11.4 Å². The number of para-hydroxylation sites is 1. The number of anilines is 1. The maximum Gasteiger partial charge on any atom is 0.311 e. The molecule has 1 heterocycles. The van der Waals surface area contributed by atoms with E-state index in [1.165, 1.54) is 11.6 Å². The molecule has 0 amide bonds. The topological polar surface area (TPSA) is 80.5 Å². The van der Waals surface area contributed by atoms with Gasteiger partial charge in [0.25, 0.3) is 0 Å². The number of sulfone groups is 1. The summed E-state index contributed by atoms with van der Waals surface area (Å²) in [6.45, 7) is 3.42. The van der Waals surface area contributed by atoms with Gasteiger partial charge in [-0.3, -0.25) is 10.1 Å². The molecule has 0 saturated carbocycles. The predicted octanol–water partition coefficient (Wildman–Crippen LogP) is 3.56. The molecule has 1 aliphatic rings. The first kappa shape index (κ1) is 18.4. The zero-order valence-electron chi connectivity index (χ0n) is 14.9. The van der Waals surface area contributed by atoms with Crippen LogP contribution in [0.15, 0.2) is 53.4 Å². The van der Waals surface area contributed by atoms with Gasteiger partial charge in [-0.05, 0) is 30.5 Å². The van der Waals surface area contributed by atoms with Gasteiger partial charge in [-0.1, -0.05) is 43.3 Å². The second-order valence-electron chi connectivity index (χ2n) is 7.10. The first-order chi connectivity index (χ1) is 12.2. The van der Waals surface area contributed by atoms with Gasteiger partial charge in [-0.15, -0.1) is 0 Å². The summed E-state index contributed by atoms with van der Waals surface area (Å²) >= 11 is 0. The third-order valence-corrected chi connectivity index (χ3v) is 6.20. The minimum Gasteiger partial charge on any atom is -0.365 e. The first-order valence-corrected chi connectivity index (χ1v) is 10.4. The van der Waals surface area contributed by atoms with Crippen LogP contribution in [0.25, 0.3) is 0 Å². The Kier molecular flexibility index (Phi) is 4.75.